The van der Waals surface area contributed by atoms with Gasteiger partial charge in [0.2, 0.25) is 0 Å². The van der Waals surface area contributed by atoms with Gasteiger partial charge in [-0.15, -0.1) is 0 Å². The predicted molar refractivity (Wildman–Crippen MR) is 208 cm³/mol. The lowest BCUT2D eigenvalue weighted by Gasteiger charge is -2.28. The van der Waals surface area contributed by atoms with Crippen molar-refractivity contribution in [3.8, 4) is 0 Å². The van der Waals surface area contributed by atoms with E-state index >= 15 is 0 Å². The number of allylic oxidation sites excluding steroid dienone is 2. The fourth-order valence-electron chi connectivity index (χ4n) is 5.71. The van der Waals surface area contributed by atoms with E-state index in [1.165, 1.54) is 103 Å². The Morgan fingerprint density at radius 3 is 1.45 bits per heavy atom. The average molecular weight is 746 g/mol. The monoisotopic (exact) mass is 746 g/mol. The number of quaternary nitrogens is 1. The van der Waals surface area contributed by atoms with Crippen molar-refractivity contribution in [2.24, 2.45) is 0 Å². The minimum Gasteiger partial charge on any atom is -0.756 e. The fraction of sp³-hybridized carbons (Fsp3) is 0.902. The minimum atomic E-state index is -4.62. The second-order valence-corrected chi connectivity index (χ2v) is 16.8. The average Bonchev–Trinajstić information content (AvgIpc) is 3.07. The molecule has 51 heavy (non-hydrogen) atoms. The molecule has 0 N–H and O–H groups in total. The molecule has 0 aromatic heterocycles. The number of phosphoric acid groups is 1. The number of ether oxygens (including phenoxy) is 2. The third-order valence-corrected chi connectivity index (χ3v) is 10.00. The van der Waals surface area contributed by atoms with Gasteiger partial charge < -0.3 is 27.9 Å². The van der Waals surface area contributed by atoms with E-state index in [-0.39, 0.29) is 32.0 Å². The van der Waals surface area contributed by atoms with Crippen molar-refractivity contribution in [2.45, 2.75) is 193 Å². The summed E-state index contributed by atoms with van der Waals surface area (Å²) in [4.78, 5) is 37.4. The molecule has 0 spiro atoms. The Kier molecular flexibility index (Phi) is 33.7. The molecule has 10 heteroatoms. The maximum absolute atomic E-state index is 12.6. The number of hydrogen-bond donors (Lipinski definition) is 0. The maximum Gasteiger partial charge on any atom is 0.306 e. The molecular weight excluding hydrogens is 665 g/mol. The number of esters is 2. The molecule has 0 aliphatic rings. The predicted octanol–water partition coefficient (Wildman–Crippen LogP) is 10.8. The summed E-state index contributed by atoms with van der Waals surface area (Å²) in [6.45, 7) is 4.21. The Labute approximate surface area is 314 Å². The Morgan fingerprint density at radius 1 is 0.588 bits per heavy atom. The van der Waals surface area contributed by atoms with Gasteiger partial charge in [0.25, 0.3) is 7.82 Å². The Morgan fingerprint density at radius 2 is 1.00 bits per heavy atom. The van der Waals surface area contributed by atoms with Gasteiger partial charge in [-0.05, 0) is 38.5 Å². The van der Waals surface area contributed by atoms with E-state index in [0.717, 1.165) is 51.4 Å². The SMILES string of the molecule is CCCCCCCC/C=C\CCCCCCCC(=O)OC(COC(=O)CCCCCCCCCCCCCC)COP(=O)([O-])OCC[N+](C)(C)C. The number of nitrogens with zero attached hydrogens (tertiary/aromatic N) is 1. The van der Waals surface area contributed by atoms with Crippen molar-refractivity contribution < 1.29 is 42.1 Å². The molecule has 0 saturated carbocycles. The van der Waals surface area contributed by atoms with E-state index in [9.17, 15) is 19.0 Å². The van der Waals surface area contributed by atoms with E-state index < -0.39 is 26.5 Å². The zero-order valence-electron chi connectivity index (χ0n) is 33.8. The number of phosphoric ester groups is 1. The Balaban J connectivity index is 4.39. The number of carbonyl (C=O) groups is 2. The quantitative estimate of drug-likeness (QED) is 0.0202. The first-order valence-corrected chi connectivity index (χ1v) is 22.4. The van der Waals surface area contributed by atoms with Gasteiger partial charge in [0.1, 0.15) is 19.8 Å². The standard InChI is InChI=1S/C41H80NO8P/c1-6-8-10-12-14-16-18-20-21-22-24-26-28-30-32-34-41(44)50-39(38-49-51(45,46)48-36-35-42(3,4)5)37-47-40(43)33-31-29-27-25-23-19-17-15-13-11-9-7-2/h20-21,39H,6-19,22-38H2,1-5H3/b21-20-. The van der Waals surface area contributed by atoms with Crippen LogP contribution in [0.4, 0.5) is 0 Å². The summed E-state index contributed by atoms with van der Waals surface area (Å²) in [5, 5.41) is 0. The molecule has 0 rings (SSSR count). The number of unbranched alkanes of at least 4 members (excludes halogenated alkanes) is 22. The molecule has 0 bridgehead atoms. The molecule has 0 amide bonds. The van der Waals surface area contributed by atoms with Gasteiger partial charge in [-0.3, -0.25) is 14.2 Å². The van der Waals surface area contributed by atoms with Crippen LogP contribution in [-0.2, 0) is 32.7 Å². The molecule has 0 aromatic carbocycles. The third-order valence-electron chi connectivity index (χ3n) is 9.04. The van der Waals surface area contributed by atoms with Crippen molar-refractivity contribution in [1.82, 2.24) is 0 Å². The molecule has 2 atom stereocenters. The number of carbonyl (C=O) groups excluding carboxylic acids is 2. The first-order valence-electron chi connectivity index (χ1n) is 20.9. The van der Waals surface area contributed by atoms with E-state index in [1.807, 2.05) is 21.1 Å². The smallest absolute Gasteiger partial charge is 0.306 e. The van der Waals surface area contributed by atoms with Crippen LogP contribution in [0.1, 0.15) is 187 Å². The van der Waals surface area contributed by atoms with E-state index in [4.69, 9.17) is 18.5 Å². The van der Waals surface area contributed by atoms with Crippen LogP contribution >= 0.6 is 7.82 Å². The topological polar surface area (TPSA) is 111 Å². The van der Waals surface area contributed by atoms with Crippen LogP contribution in [-0.4, -0.2) is 70.0 Å². The molecule has 0 heterocycles. The summed E-state index contributed by atoms with van der Waals surface area (Å²) in [5.74, 6) is -0.838. The molecule has 0 radical (unpaired) electrons. The van der Waals surface area contributed by atoms with E-state index in [2.05, 4.69) is 26.0 Å². The van der Waals surface area contributed by atoms with Crippen molar-refractivity contribution in [2.75, 3.05) is 47.5 Å². The van der Waals surface area contributed by atoms with Crippen LogP contribution in [0.2, 0.25) is 0 Å². The molecule has 0 aliphatic carbocycles. The fourth-order valence-corrected chi connectivity index (χ4v) is 6.44. The normalized spacial score (nSPS) is 13.8. The van der Waals surface area contributed by atoms with Crippen molar-refractivity contribution in [3.63, 3.8) is 0 Å². The second-order valence-electron chi connectivity index (χ2n) is 15.4. The van der Waals surface area contributed by atoms with Gasteiger partial charge >= 0.3 is 11.9 Å². The zero-order chi connectivity index (χ0) is 37.9. The summed E-state index contributed by atoms with van der Waals surface area (Å²) >= 11 is 0. The molecule has 302 valence electrons. The summed E-state index contributed by atoms with van der Waals surface area (Å²) in [6, 6.07) is 0. The highest BCUT2D eigenvalue weighted by Gasteiger charge is 2.21. The highest BCUT2D eigenvalue weighted by Crippen LogP contribution is 2.38. The molecule has 0 aliphatic heterocycles. The van der Waals surface area contributed by atoms with Crippen molar-refractivity contribution >= 4 is 19.8 Å². The molecule has 0 saturated heterocycles. The number of likely N-dealkylation sites (N-methyl/N-ethyl adjacent to an activating group) is 1. The van der Waals surface area contributed by atoms with Crippen molar-refractivity contribution in [1.29, 1.82) is 0 Å². The van der Waals surface area contributed by atoms with Crippen LogP contribution in [0, 0.1) is 0 Å². The maximum atomic E-state index is 12.6. The molecular formula is C41H80NO8P. The largest absolute Gasteiger partial charge is 0.756 e. The number of rotatable bonds is 38. The van der Waals surface area contributed by atoms with Crippen LogP contribution in [0.15, 0.2) is 12.2 Å². The first-order chi connectivity index (χ1) is 24.5. The minimum absolute atomic E-state index is 0.0295. The lowest BCUT2D eigenvalue weighted by molar-refractivity contribution is -0.870. The summed E-state index contributed by atoms with van der Waals surface area (Å²) in [5.41, 5.74) is 0. The van der Waals surface area contributed by atoms with Crippen LogP contribution in [0.25, 0.3) is 0 Å². The molecule has 9 nitrogen and oxygen atoms in total. The zero-order valence-corrected chi connectivity index (χ0v) is 34.7. The van der Waals surface area contributed by atoms with Gasteiger partial charge in [0.05, 0.1) is 27.7 Å². The molecule has 0 fully saturated rings. The van der Waals surface area contributed by atoms with Crippen LogP contribution in [0.3, 0.4) is 0 Å². The summed E-state index contributed by atoms with van der Waals surface area (Å²) in [6.07, 6.45) is 33.7. The highest BCUT2D eigenvalue weighted by molar-refractivity contribution is 7.45. The Bertz CT molecular complexity index is 891. The van der Waals surface area contributed by atoms with Gasteiger partial charge in [-0.25, -0.2) is 0 Å². The first kappa shape index (κ1) is 49.8. The van der Waals surface area contributed by atoms with Crippen molar-refractivity contribution in [3.05, 3.63) is 12.2 Å². The van der Waals surface area contributed by atoms with E-state index in [1.54, 1.807) is 0 Å². The van der Waals surface area contributed by atoms with Gasteiger partial charge in [0, 0.05) is 12.8 Å². The van der Waals surface area contributed by atoms with Crippen LogP contribution in [0.5, 0.6) is 0 Å². The second kappa shape index (κ2) is 34.5. The molecule has 0 aromatic rings. The lowest BCUT2D eigenvalue weighted by Crippen LogP contribution is -2.37. The number of hydrogen-bond acceptors (Lipinski definition) is 8. The van der Waals surface area contributed by atoms with Gasteiger partial charge in [0.15, 0.2) is 6.10 Å². The van der Waals surface area contributed by atoms with Gasteiger partial charge in [-0.2, -0.15) is 0 Å². The molecule has 2 unspecified atom stereocenters. The van der Waals surface area contributed by atoms with Crippen LogP contribution < -0.4 is 4.89 Å². The summed E-state index contributed by atoms with van der Waals surface area (Å²) < 4.78 is 33.8. The lowest BCUT2D eigenvalue weighted by atomic mass is 10.0. The third kappa shape index (κ3) is 38.3. The van der Waals surface area contributed by atoms with E-state index in [0.29, 0.717) is 17.4 Å². The summed E-state index contributed by atoms with van der Waals surface area (Å²) in [7, 11) is 1.17. The highest BCUT2D eigenvalue weighted by atomic mass is 31.2. The van der Waals surface area contributed by atoms with Gasteiger partial charge in [-0.1, -0.05) is 148 Å². The Hall–Kier alpha value is -1.25.